The van der Waals surface area contributed by atoms with E-state index in [2.05, 4.69) is 5.32 Å². The molecule has 0 bridgehead atoms. The van der Waals surface area contributed by atoms with Crippen LogP contribution in [0, 0.1) is 0 Å². The number of carbonyl (C=O) groups excluding carboxylic acids is 1. The number of nitrogens with zero attached hydrogens (tertiary/aromatic N) is 1. The molecule has 0 unspecified atom stereocenters. The van der Waals surface area contributed by atoms with Crippen LogP contribution in [-0.2, 0) is 17.1 Å². The fourth-order valence-electron chi connectivity index (χ4n) is 1.68. The monoisotopic (exact) mass is 313 g/mol. The van der Waals surface area contributed by atoms with Gasteiger partial charge >= 0.3 is 0 Å². The van der Waals surface area contributed by atoms with Crippen LogP contribution in [0.3, 0.4) is 0 Å². The van der Waals surface area contributed by atoms with E-state index in [4.69, 9.17) is 16.7 Å². The van der Waals surface area contributed by atoms with Gasteiger partial charge in [-0.1, -0.05) is 17.7 Å². The Labute approximate surface area is 121 Å². The average molecular weight is 314 g/mol. The van der Waals surface area contributed by atoms with E-state index in [1.54, 1.807) is 31.3 Å². The van der Waals surface area contributed by atoms with E-state index >= 15 is 0 Å². The zero-order chi connectivity index (χ0) is 14.9. The minimum Gasteiger partial charge on any atom is -0.345 e. The van der Waals surface area contributed by atoms with Gasteiger partial charge < -0.3 is 9.88 Å². The van der Waals surface area contributed by atoms with Gasteiger partial charge in [-0.05, 0) is 24.3 Å². The minimum atomic E-state index is -3.84. The van der Waals surface area contributed by atoms with E-state index in [0.717, 1.165) is 0 Å². The van der Waals surface area contributed by atoms with Crippen molar-refractivity contribution in [2.24, 2.45) is 12.2 Å². The van der Waals surface area contributed by atoms with Gasteiger partial charge in [0.15, 0.2) is 0 Å². The number of nitrogens with two attached hydrogens (primary N) is 1. The summed E-state index contributed by atoms with van der Waals surface area (Å²) < 4.78 is 23.9. The van der Waals surface area contributed by atoms with Crippen LogP contribution in [0.1, 0.15) is 10.5 Å². The molecule has 0 saturated carbocycles. The highest BCUT2D eigenvalue weighted by atomic mass is 35.5. The van der Waals surface area contributed by atoms with Crippen LogP contribution in [0.2, 0.25) is 5.02 Å². The lowest BCUT2D eigenvalue weighted by atomic mass is 10.3. The number of amides is 1. The third kappa shape index (κ3) is 3.19. The number of anilines is 1. The molecule has 2 aromatic rings. The molecule has 0 aliphatic carbocycles. The second-order valence-electron chi connectivity index (χ2n) is 4.18. The maximum Gasteiger partial charge on any atom is 0.272 e. The van der Waals surface area contributed by atoms with Gasteiger partial charge in [-0.2, -0.15) is 0 Å². The summed E-state index contributed by atoms with van der Waals surface area (Å²) in [7, 11) is -2.28. The summed E-state index contributed by atoms with van der Waals surface area (Å²) in [5.41, 5.74) is 0.690. The first-order valence-corrected chi connectivity index (χ1v) is 7.46. The van der Waals surface area contributed by atoms with Crippen molar-refractivity contribution in [3.05, 3.63) is 47.2 Å². The highest BCUT2D eigenvalue weighted by molar-refractivity contribution is 7.89. The largest absolute Gasteiger partial charge is 0.345 e. The second-order valence-corrected chi connectivity index (χ2v) is 6.18. The van der Waals surface area contributed by atoms with Crippen LogP contribution in [0.15, 0.2) is 41.4 Å². The van der Waals surface area contributed by atoms with Gasteiger partial charge in [0.1, 0.15) is 10.6 Å². The number of rotatable bonds is 3. The SMILES string of the molecule is Cn1cc(S(N)(=O)=O)cc1C(=O)Nc1cccc(Cl)c1. The van der Waals surface area contributed by atoms with Crippen molar-refractivity contribution < 1.29 is 13.2 Å². The van der Waals surface area contributed by atoms with Gasteiger partial charge in [-0.15, -0.1) is 0 Å². The fraction of sp³-hybridized carbons (Fsp3) is 0.0833. The zero-order valence-corrected chi connectivity index (χ0v) is 12.1. The predicted octanol–water partition coefficient (Wildman–Crippen LogP) is 1.58. The Hall–Kier alpha value is -1.83. The van der Waals surface area contributed by atoms with E-state index in [9.17, 15) is 13.2 Å². The third-order valence-corrected chi connectivity index (χ3v) is 3.74. The number of primary sulfonamides is 1. The topological polar surface area (TPSA) is 94.2 Å². The molecule has 20 heavy (non-hydrogen) atoms. The summed E-state index contributed by atoms with van der Waals surface area (Å²) in [6.07, 6.45) is 1.28. The number of benzene rings is 1. The van der Waals surface area contributed by atoms with Gasteiger partial charge in [0.05, 0.1) is 0 Å². The molecule has 8 heteroatoms. The van der Waals surface area contributed by atoms with E-state index in [1.165, 1.54) is 16.8 Å². The number of sulfonamides is 1. The molecule has 0 atom stereocenters. The van der Waals surface area contributed by atoms with E-state index in [-0.39, 0.29) is 10.6 Å². The summed E-state index contributed by atoms with van der Waals surface area (Å²) in [5, 5.41) is 8.13. The Morgan fingerprint density at radius 1 is 1.35 bits per heavy atom. The first kappa shape index (κ1) is 14.6. The summed E-state index contributed by atoms with van der Waals surface area (Å²) in [5.74, 6) is -0.454. The molecule has 6 nitrogen and oxygen atoms in total. The second kappa shape index (κ2) is 5.28. The first-order chi connectivity index (χ1) is 9.27. The lowest BCUT2D eigenvalue weighted by Crippen LogP contribution is -2.15. The molecule has 2 rings (SSSR count). The van der Waals surface area contributed by atoms with E-state index in [1.807, 2.05) is 0 Å². The molecule has 0 fully saturated rings. The number of halogens is 1. The molecule has 1 heterocycles. The summed E-state index contributed by atoms with van der Waals surface area (Å²) in [6, 6.07) is 7.85. The molecular formula is C12H12ClN3O3S. The van der Waals surface area contributed by atoms with Crippen LogP contribution in [0.5, 0.6) is 0 Å². The van der Waals surface area contributed by atoms with Crippen molar-refractivity contribution in [3.8, 4) is 0 Å². The van der Waals surface area contributed by atoms with Crippen LogP contribution >= 0.6 is 11.6 Å². The fourth-order valence-corrected chi connectivity index (χ4v) is 2.45. The molecule has 3 N–H and O–H groups in total. The van der Waals surface area contributed by atoms with Crippen LogP contribution in [-0.4, -0.2) is 18.9 Å². The van der Waals surface area contributed by atoms with Crippen LogP contribution < -0.4 is 10.5 Å². The quantitative estimate of drug-likeness (QED) is 0.900. The van der Waals surface area contributed by atoms with Crippen molar-refractivity contribution >= 4 is 33.2 Å². The van der Waals surface area contributed by atoms with E-state index < -0.39 is 15.9 Å². The maximum atomic E-state index is 12.1. The van der Waals surface area contributed by atoms with E-state index in [0.29, 0.717) is 10.7 Å². The first-order valence-electron chi connectivity index (χ1n) is 5.53. The highest BCUT2D eigenvalue weighted by Gasteiger charge is 2.17. The Balaban J connectivity index is 2.28. The molecule has 1 aromatic carbocycles. The number of hydrogen-bond donors (Lipinski definition) is 2. The number of hydrogen-bond acceptors (Lipinski definition) is 3. The van der Waals surface area contributed by atoms with Crippen molar-refractivity contribution in [1.82, 2.24) is 4.57 Å². The Kier molecular flexibility index (Phi) is 3.85. The summed E-state index contributed by atoms with van der Waals surface area (Å²) in [4.78, 5) is 12.0. The Bertz CT molecular complexity index is 768. The smallest absolute Gasteiger partial charge is 0.272 e. The predicted molar refractivity (Wildman–Crippen MR) is 76.2 cm³/mol. The summed E-state index contributed by atoms with van der Waals surface area (Å²) >= 11 is 5.82. The van der Waals surface area contributed by atoms with Crippen molar-refractivity contribution in [1.29, 1.82) is 0 Å². The third-order valence-electron chi connectivity index (χ3n) is 2.62. The molecule has 1 aromatic heterocycles. The minimum absolute atomic E-state index is 0.115. The number of aromatic nitrogens is 1. The Morgan fingerprint density at radius 3 is 2.60 bits per heavy atom. The van der Waals surface area contributed by atoms with Crippen molar-refractivity contribution in [2.75, 3.05) is 5.32 Å². The molecule has 0 aliphatic heterocycles. The number of carbonyl (C=O) groups is 1. The van der Waals surface area contributed by atoms with Gasteiger partial charge in [0, 0.05) is 24.0 Å². The van der Waals surface area contributed by atoms with Gasteiger partial charge in [-0.25, -0.2) is 13.6 Å². The van der Waals surface area contributed by atoms with Crippen LogP contribution in [0.25, 0.3) is 0 Å². The zero-order valence-electron chi connectivity index (χ0n) is 10.5. The normalized spacial score (nSPS) is 11.3. The summed E-state index contributed by atoms with van der Waals surface area (Å²) in [6.45, 7) is 0. The van der Waals surface area contributed by atoms with Gasteiger partial charge in [0.25, 0.3) is 5.91 Å². The maximum absolute atomic E-state index is 12.1. The molecule has 0 saturated heterocycles. The highest BCUT2D eigenvalue weighted by Crippen LogP contribution is 2.17. The lowest BCUT2D eigenvalue weighted by Gasteiger charge is -2.06. The molecule has 1 amide bonds. The standard InChI is InChI=1S/C12H12ClN3O3S/c1-16-7-10(20(14,18)19)6-11(16)12(17)15-9-4-2-3-8(13)5-9/h2-7H,1H3,(H,15,17)(H2,14,18,19). The Morgan fingerprint density at radius 2 is 2.05 bits per heavy atom. The number of aryl methyl sites for hydroxylation is 1. The average Bonchev–Trinajstić information content (AvgIpc) is 2.71. The van der Waals surface area contributed by atoms with Gasteiger partial charge in [0.2, 0.25) is 10.0 Å². The van der Waals surface area contributed by atoms with Crippen LogP contribution in [0.4, 0.5) is 5.69 Å². The molecule has 0 spiro atoms. The molecule has 106 valence electrons. The lowest BCUT2D eigenvalue weighted by molar-refractivity contribution is 0.101. The van der Waals surface area contributed by atoms with Crippen molar-refractivity contribution in [3.63, 3.8) is 0 Å². The molecular weight excluding hydrogens is 302 g/mol. The van der Waals surface area contributed by atoms with Crippen molar-refractivity contribution in [2.45, 2.75) is 4.90 Å². The molecule has 0 radical (unpaired) electrons. The molecule has 0 aliphatic rings. The van der Waals surface area contributed by atoms with Gasteiger partial charge in [-0.3, -0.25) is 4.79 Å². The number of nitrogens with one attached hydrogen (secondary N) is 1.